The lowest BCUT2D eigenvalue weighted by atomic mass is 10.1. The molecule has 0 radical (unpaired) electrons. The highest BCUT2D eigenvalue weighted by Gasteiger charge is 2.32. The molecule has 4 nitrogen and oxygen atoms in total. The van der Waals surface area contributed by atoms with Crippen LogP contribution in [0, 0.1) is 0 Å². The van der Waals surface area contributed by atoms with Gasteiger partial charge in [-0.3, -0.25) is 4.79 Å². The lowest BCUT2D eigenvalue weighted by molar-refractivity contribution is -0.130. The van der Waals surface area contributed by atoms with E-state index in [2.05, 4.69) is 0 Å². The van der Waals surface area contributed by atoms with Gasteiger partial charge in [-0.2, -0.15) is 0 Å². The van der Waals surface area contributed by atoms with Crippen molar-refractivity contribution in [1.82, 2.24) is 4.90 Å². The Hall–Kier alpha value is -2.14. The first-order valence-corrected chi connectivity index (χ1v) is 9.86. The number of hydrogen-bond acceptors (Lipinski definition) is 3. The third kappa shape index (κ3) is 3.85. The van der Waals surface area contributed by atoms with Crippen molar-refractivity contribution in [2.45, 2.75) is 18.1 Å². The molecule has 2 aromatic carbocycles. The molecule has 126 valence electrons. The van der Waals surface area contributed by atoms with Crippen LogP contribution in [0.4, 0.5) is 0 Å². The van der Waals surface area contributed by atoms with E-state index in [4.69, 9.17) is 0 Å². The second-order valence-electron chi connectivity index (χ2n) is 6.10. The van der Waals surface area contributed by atoms with E-state index in [1.807, 2.05) is 60.7 Å². The SMILES string of the molecule is O=C(Cc1ccccc1)N1CCC(c2ccccc2)S(=O)(=O)CC1. The quantitative estimate of drug-likeness (QED) is 0.861. The van der Waals surface area contributed by atoms with Crippen LogP contribution in [-0.2, 0) is 21.1 Å². The predicted octanol–water partition coefficient (Wildman–Crippen LogP) is 2.62. The Kier molecular flexibility index (Phi) is 5.00. The molecule has 1 unspecified atom stereocenters. The lowest BCUT2D eigenvalue weighted by Gasteiger charge is -2.20. The molecule has 0 spiro atoms. The largest absolute Gasteiger partial charge is 0.341 e. The van der Waals surface area contributed by atoms with Crippen LogP contribution < -0.4 is 0 Å². The lowest BCUT2D eigenvalue weighted by Crippen LogP contribution is -2.34. The number of rotatable bonds is 3. The molecule has 0 aromatic heterocycles. The molecule has 3 rings (SSSR count). The molecule has 1 saturated heterocycles. The molecule has 0 bridgehead atoms. The van der Waals surface area contributed by atoms with Crippen molar-refractivity contribution < 1.29 is 13.2 Å². The van der Waals surface area contributed by atoms with Crippen LogP contribution in [0.15, 0.2) is 60.7 Å². The molecule has 0 aliphatic carbocycles. The average Bonchev–Trinajstić information content (AvgIpc) is 2.75. The van der Waals surface area contributed by atoms with Gasteiger partial charge in [-0.05, 0) is 17.5 Å². The van der Waals surface area contributed by atoms with Gasteiger partial charge in [-0.15, -0.1) is 0 Å². The van der Waals surface area contributed by atoms with Crippen molar-refractivity contribution in [1.29, 1.82) is 0 Å². The van der Waals surface area contributed by atoms with E-state index in [0.717, 1.165) is 11.1 Å². The van der Waals surface area contributed by atoms with Crippen LogP contribution in [0.5, 0.6) is 0 Å². The van der Waals surface area contributed by atoms with Gasteiger partial charge in [0.15, 0.2) is 9.84 Å². The van der Waals surface area contributed by atoms with Crippen molar-refractivity contribution in [3.05, 3.63) is 71.8 Å². The molecular weight excluding hydrogens is 322 g/mol. The molecule has 1 aliphatic rings. The molecule has 1 atom stereocenters. The second kappa shape index (κ2) is 7.18. The van der Waals surface area contributed by atoms with Gasteiger partial charge in [-0.1, -0.05) is 60.7 Å². The van der Waals surface area contributed by atoms with Crippen LogP contribution in [0.3, 0.4) is 0 Å². The van der Waals surface area contributed by atoms with Crippen LogP contribution >= 0.6 is 0 Å². The van der Waals surface area contributed by atoms with Gasteiger partial charge >= 0.3 is 0 Å². The van der Waals surface area contributed by atoms with Crippen LogP contribution in [0.2, 0.25) is 0 Å². The summed E-state index contributed by atoms with van der Waals surface area (Å²) in [5, 5.41) is -0.520. The topological polar surface area (TPSA) is 54.5 Å². The van der Waals surface area contributed by atoms with Gasteiger partial charge in [0, 0.05) is 13.1 Å². The molecule has 0 N–H and O–H groups in total. The summed E-state index contributed by atoms with van der Waals surface area (Å²) >= 11 is 0. The first kappa shape index (κ1) is 16.7. The van der Waals surface area contributed by atoms with E-state index in [1.165, 1.54) is 0 Å². The highest BCUT2D eigenvalue weighted by Crippen LogP contribution is 2.29. The standard InChI is InChI=1S/C19H21NO3S/c21-19(15-16-7-3-1-4-8-16)20-12-11-18(24(22,23)14-13-20)17-9-5-2-6-10-17/h1-10,18H,11-15H2. The first-order valence-electron chi connectivity index (χ1n) is 8.14. The number of hydrogen-bond donors (Lipinski definition) is 0. The van der Waals surface area contributed by atoms with Crippen molar-refractivity contribution >= 4 is 15.7 Å². The Morgan fingerprint density at radius 3 is 2.25 bits per heavy atom. The highest BCUT2D eigenvalue weighted by atomic mass is 32.2. The average molecular weight is 343 g/mol. The highest BCUT2D eigenvalue weighted by molar-refractivity contribution is 7.91. The zero-order valence-corrected chi connectivity index (χ0v) is 14.3. The van der Waals surface area contributed by atoms with E-state index in [-0.39, 0.29) is 18.2 Å². The zero-order chi connectivity index (χ0) is 17.0. The van der Waals surface area contributed by atoms with E-state index >= 15 is 0 Å². The molecule has 1 fully saturated rings. The van der Waals surface area contributed by atoms with Gasteiger partial charge in [-0.25, -0.2) is 8.42 Å². The monoisotopic (exact) mass is 343 g/mol. The Balaban J connectivity index is 1.73. The first-order chi connectivity index (χ1) is 11.6. The molecule has 24 heavy (non-hydrogen) atoms. The van der Waals surface area contributed by atoms with Crippen LogP contribution in [-0.4, -0.2) is 38.1 Å². The summed E-state index contributed by atoms with van der Waals surface area (Å²) in [4.78, 5) is 14.2. The molecule has 5 heteroatoms. The van der Waals surface area contributed by atoms with Crippen molar-refractivity contribution in [3.8, 4) is 0 Å². The molecule has 1 heterocycles. The third-order valence-electron chi connectivity index (χ3n) is 4.46. The summed E-state index contributed by atoms with van der Waals surface area (Å²) in [6.07, 6.45) is 0.768. The summed E-state index contributed by atoms with van der Waals surface area (Å²) in [7, 11) is -3.25. The Morgan fingerprint density at radius 1 is 0.958 bits per heavy atom. The number of amides is 1. The van der Waals surface area contributed by atoms with Gasteiger partial charge < -0.3 is 4.90 Å². The van der Waals surface area contributed by atoms with Gasteiger partial charge in [0.2, 0.25) is 5.91 Å². The summed E-state index contributed by atoms with van der Waals surface area (Å²) in [6.45, 7) is 0.752. The Labute approximate surface area is 143 Å². The number of benzene rings is 2. The minimum atomic E-state index is -3.25. The maximum Gasteiger partial charge on any atom is 0.227 e. The molecule has 1 amide bonds. The number of sulfone groups is 1. The van der Waals surface area contributed by atoms with E-state index < -0.39 is 15.1 Å². The van der Waals surface area contributed by atoms with Gasteiger partial charge in [0.05, 0.1) is 17.4 Å². The zero-order valence-electron chi connectivity index (χ0n) is 13.5. The van der Waals surface area contributed by atoms with Crippen molar-refractivity contribution in [3.63, 3.8) is 0 Å². The maximum atomic E-state index is 12.6. The number of carbonyl (C=O) groups is 1. The minimum absolute atomic E-state index is 0.00916. The van der Waals surface area contributed by atoms with E-state index in [0.29, 0.717) is 19.4 Å². The smallest absolute Gasteiger partial charge is 0.227 e. The van der Waals surface area contributed by atoms with Crippen LogP contribution in [0.25, 0.3) is 0 Å². The predicted molar refractivity (Wildman–Crippen MR) is 94.3 cm³/mol. The van der Waals surface area contributed by atoms with Gasteiger partial charge in [0.1, 0.15) is 0 Å². The van der Waals surface area contributed by atoms with Crippen LogP contribution in [0.1, 0.15) is 22.8 Å². The van der Waals surface area contributed by atoms with Crippen molar-refractivity contribution in [2.75, 3.05) is 18.8 Å². The normalized spacial score (nSPS) is 20.3. The Bertz CT molecular complexity index is 788. The number of nitrogens with zero attached hydrogens (tertiary/aromatic N) is 1. The summed E-state index contributed by atoms with van der Waals surface area (Å²) in [6, 6.07) is 18.8. The fourth-order valence-electron chi connectivity index (χ4n) is 3.12. The summed E-state index contributed by atoms with van der Waals surface area (Å²) in [5.74, 6) is 0.0118. The van der Waals surface area contributed by atoms with Gasteiger partial charge in [0.25, 0.3) is 0 Å². The van der Waals surface area contributed by atoms with E-state index in [9.17, 15) is 13.2 Å². The second-order valence-corrected chi connectivity index (χ2v) is 8.40. The maximum absolute atomic E-state index is 12.6. The number of carbonyl (C=O) groups excluding carboxylic acids is 1. The fraction of sp³-hybridized carbons (Fsp3) is 0.316. The molecule has 1 aliphatic heterocycles. The minimum Gasteiger partial charge on any atom is -0.341 e. The Morgan fingerprint density at radius 2 is 1.58 bits per heavy atom. The third-order valence-corrected chi connectivity index (χ3v) is 6.59. The molecule has 2 aromatic rings. The van der Waals surface area contributed by atoms with Crippen molar-refractivity contribution in [2.24, 2.45) is 0 Å². The molecular formula is C19H21NO3S. The fourth-order valence-corrected chi connectivity index (χ4v) is 4.91. The molecule has 0 saturated carbocycles. The summed E-state index contributed by atoms with van der Waals surface area (Å²) < 4.78 is 25.2. The van der Waals surface area contributed by atoms with E-state index in [1.54, 1.807) is 4.90 Å². The summed E-state index contributed by atoms with van der Waals surface area (Å²) in [5.41, 5.74) is 1.77.